The van der Waals surface area contributed by atoms with Crippen LogP contribution in [0, 0.1) is 0 Å². The predicted octanol–water partition coefficient (Wildman–Crippen LogP) is 1.56. The minimum Gasteiger partial charge on any atom is -0.497 e. The van der Waals surface area contributed by atoms with E-state index in [0.29, 0.717) is 6.42 Å². The summed E-state index contributed by atoms with van der Waals surface area (Å²) in [5, 5.41) is 3.80. The van der Waals surface area contributed by atoms with Gasteiger partial charge in [-0.3, -0.25) is 4.79 Å². The van der Waals surface area contributed by atoms with Crippen LogP contribution in [0.2, 0.25) is 0 Å². The third kappa shape index (κ3) is 3.81. The van der Waals surface area contributed by atoms with Gasteiger partial charge in [-0.2, -0.15) is 5.10 Å². The zero-order chi connectivity index (χ0) is 11.1. The SMILES string of the molecule is CCC(=O)N/N=C/c1ccc(OC)cc1. The third-order valence-corrected chi connectivity index (χ3v) is 1.84. The molecular formula is C11H14N2O2. The molecule has 80 valence electrons. The van der Waals surface area contributed by atoms with Crippen LogP contribution >= 0.6 is 0 Å². The average Bonchev–Trinajstić information content (AvgIpc) is 2.29. The molecule has 0 aliphatic rings. The highest BCUT2D eigenvalue weighted by molar-refractivity contribution is 5.82. The monoisotopic (exact) mass is 206 g/mol. The number of methoxy groups -OCH3 is 1. The second-order valence-corrected chi connectivity index (χ2v) is 2.92. The fourth-order valence-corrected chi connectivity index (χ4v) is 0.948. The zero-order valence-corrected chi connectivity index (χ0v) is 8.86. The lowest BCUT2D eigenvalue weighted by Gasteiger charge is -1.98. The number of rotatable bonds is 4. The van der Waals surface area contributed by atoms with E-state index in [2.05, 4.69) is 10.5 Å². The molecule has 0 aliphatic heterocycles. The molecule has 0 saturated heterocycles. The first kappa shape index (κ1) is 11.2. The summed E-state index contributed by atoms with van der Waals surface area (Å²) in [5.41, 5.74) is 3.32. The van der Waals surface area contributed by atoms with Crippen molar-refractivity contribution in [3.8, 4) is 5.75 Å². The van der Waals surface area contributed by atoms with Gasteiger partial charge in [-0.05, 0) is 29.8 Å². The topological polar surface area (TPSA) is 50.7 Å². The first-order valence-electron chi connectivity index (χ1n) is 4.72. The molecule has 1 aromatic carbocycles. The number of nitrogens with zero attached hydrogens (tertiary/aromatic N) is 1. The molecule has 0 radical (unpaired) electrons. The van der Waals surface area contributed by atoms with E-state index in [9.17, 15) is 4.79 Å². The van der Waals surface area contributed by atoms with Gasteiger partial charge in [0.05, 0.1) is 13.3 Å². The van der Waals surface area contributed by atoms with Crippen molar-refractivity contribution in [3.05, 3.63) is 29.8 Å². The summed E-state index contributed by atoms with van der Waals surface area (Å²) >= 11 is 0. The van der Waals surface area contributed by atoms with Crippen molar-refractivity contribution in [1.29, 1.82) is 0 Å². The lowest BCUT2D eigenvalue weighted by Crippen LogP contribution is -2.15. The number of hydrazone groups is 1. The number of hydrogen-bond acceptors (Lipinski definition) is 3. The minimum absolute atomic E-state index is 0.0974. The molecule has 0 heterocycles. The standard InChI is InChI=1S/C11H14N2O2/c1-3-11(14)13-12-8-9-4-6-10(15-2)7-5-9/h4-8H,3H2,1-2H3,(H,13,14)/b12-8+. The molecule has 4 nitrogen and oxygen atoms in total. The summed E-state index contributed by atoms with van der Waals surface area (Å²) in [4.78, 5) is 10.9. The van der Waals surface area contributed by atoms with E-state index in [0.717, 1.165) is 11.3 Å². The van der Waals surface area contributed by atoms with Crippen molar-refractivity contribution in [2.75, 3.05) is 7.11 Å². The second kappa shape index (κ2) is 5.80. The van der Waals surface area contributed by atoms with Crippen LogP contribution in [-0.4, -0.2) is 19.2 Å². The Hall–Kier alpha value is -1.84. The first-order valence-corrected chi connectivity index (χ1v) is 4.72. The van der Waals surface area contributed by atoms with E-state index in [1.807, 2.05) is 24.3 Å². The summed E-state index contributed by atoms with van der Waals surface area (Å²) < 4.78 is 5.02. The molecule has 1 amide bonds. The molecule has 4 heteroatoms. The van der Waals surface area contributed by atoms with Crippen LogP contribution in [0.5, 0.6) is 5.75 Å². The molecule has 0 spiro atoms. The van der Waals surface area contributed by atoms with Crippen LogP contribution < -0.4 is 10.2 Å². The predicted molar refractivity (Wildman–Crippen MR) is 59.0 cm³/mol. The third-order valence-electron chi connectivity index (χ3n) is 1.84. The van der Waals surface area contributed by atoms with Crippen LogP contribution in [-0.2, 0) is 4.79 Å². The van der Waals surface area contributed by atoms with Crippen molar-refractivity contribution in [3.63, 3.8) is 0 Å². The molecule has 0 bridgehead atoms. The van der Waals surface area contributed by atoms with Crippen LogP contribution in [0.3, 0.4) is 0 Å². The molecule has 15 heavy (non-hydrogen) atoms. The van der Waals surface area contributed by atoms with Gasteiger partial charge in [-0.25, -0.2) is 5.43 Å². The molecule has 0 aliphatic carbocycles. The lowest BCUT2D eigenvalue weighted by molar-refractivity contribution is -0.120. The fraction of sp³-hybridized carbons (Fsp3) is 0.273. The van der Waals surface area contributed by atoms with Crippen LogP contribution in [0.1, 0.15) is 18.9 Å². The van der Waals surface area contributed by atoms with Gasteiger partial charge in [0, 0.05) is 6.42 Å². The van der Waals surface area contributed by atoms with E-state index in [1.54, 1.807) is 20.2 Å². The summed E-state index contributed by atoms with van der Waals surface area (Å²) in [6.07, 6.45) is 2.02. The van der Waals surface area contributed by atoms with Crippen molar-refractivity contribution in [2.24, 2.45) is 5.10 Å². The normalized spacial score (nSPS) is 10.3. The Balaban J connectivity index is 2.53. The summed E-state index contributed by atoms with van der Waals surface area (Å²) in [6, 6.07) is 7.40. The summed E-state index contributed by atoms with van der Waals surface area (Å²) in [6.45, 7) is 1.78. The molecule has 1 rings (SSSR count). The average molecular weight is 206 g/mol. The fourth-order valence-electron chi connectivity index (χ4n) is 0.948. The first-order chi connectivity index (χ1) is 7.26. The van der Waals surface area contributed by atoms with E-state index in [-0.39, 0.29) is 5.91 Å². The quantitative estimate of drug-likeness (QED) is 0.600. The Kier molecular flexibility index (Phi) is 4.34. The molecule has 1 N–H and O–H groups in total. The number of ether oxygens (including phenoxy) is 1. The number of benzene rings is 1. The van der Waals surface area contributed by atoms with Gasteiger partial charge in [0.1, 0.15) is 5.75 Å². The van der Waals surface area contributed by atoms with Gasteiger partial charge >= 0.3 is 0 Å². The molecule has 1 aromatic rings. The molecular weight excluding hydrogens is 192 g/mol. The smallest absolute Gasteiger partial charge is 0.239 e. The van der Waals surface area contributed by atoms with Gasteiger partial charge < -0.3 is 4.74 Å². The Bertz CT molecular complexity index is 344. The molecule has 0 aromatic heterocycles. The van der Waals surface area contributed by atoms with Gasteiger partial charge in [-0.15, -0.1) is 0 Å². The largest absolute Gasteiger partial charge is 0.497 e. The highest BCUT2D eigenvalue weighted by Gasteiger charge is 1.92. The van der Waals surface area contributed by atoms with E-state index < -0.39 is 0 Å². The maximum atomic E-state index is 10.9. The Morgan fingerprint density at radius 2 is 2.13 bits per heavy atom. The van der Waals surface area contributed by atoms with Gasteiger partial charge in [0.15, 0.2) is 0 Å². The number of carbonyl (C=O) groups is 1. The molecule has 0 saturated carbocycles. The maximum Gasteiger partial charge on any atom is 0.239 e. The highest BCUT2D eigenvalue weighted by Crippen LogP contribution is 2.09. The maximum absolute atomic E-state index is 10.9. The Morgan fingerprint density at radius 1 is 1.47 bits per heavy atom. The molecule has 0 fully saturated rings. The van der Waals surface area contributed by atoms with E-state index >= 15 is 0 Å². The molecule has 0 atom stereocenters. The number of amides is 1. The summed E-state index contributed by atoms with van der Waals surface area (Å²) in [7, 11) is 1.62. The van der Waals surface area contributed by atoms with Crippen LogP contribution in [0.25, 0.3) is 0 Å². The zero-order valence-electron chi connectivity index (χ0n) is 8.86. The number of carbonyl (C=O) groups excluding carboxylic acids is 1. The van der Waals surface area contributed by atoms with Gasteiger partial charge in [0.25, 0.3) is 0 Å². The Morgan fingerprint density at radius 3 is 2.67 bits per heavy atom. The van der Waals surface area contributed by atoms with Crippen LogP contribution in [0.15, 0.2) is 29.4 Å². The second-order valence-electron chi connectivity index (χ2n) is 2.92. The number of hydrogen-bond donors (Lipinski definition) is 1. The van der Waals surface area contributed by atoms with E-state index in [4.69, 9.17) is 4.74 Å². The van der Waals surface area contributed by atoms with Gasteiger partial charge in [0.2, 0.25) is 5.91 Å². The van der Waals surface area contributed by atoms with Crippen molar-refractivity contribution < 1.29 is 9.53 Å². The van der Waals surface area contributed by atoms with Gasteiger partial charge in [-0.1, -0.05) is 6.92 Å². The lowest BCUT2D eigenvalue weighted by atomic mass is 10.2. The van der Waals surface area contributed by atoms with Crippen molar-refractivity contribution in [2.45, 2.75) is 13.3 Å². The minimum atomic E-state index is -0.0974. The summed E-state index contributed by atoms with van der Waals surface area (Å²) in [5.74, 6) is 0.699. The Labute approximate surface area is 88.9 Å². The van der Waals surface area contributed by atoms with E-state index in [1.165, 1.54) is 0 Å². The number of nitrogens with one attached hydrogen (secondary N) is 1. The molecule has 0 unspecified atom stereocenters. The van der Waals surface area contributed by atoms with Crippen molar-refractivity contribution >= 4 is 12.1 Å². The van der Waals surface area contributed by atoms with Crippen LogP contribution in [0.4, 0.5) is 0 Å². The highest BCUT2D eigenvalue weighted by atomic mass is 16.5. The van der Waals surface area contributed by atoms with Crippen molar-refractivity contribution in [1.82, 2.24) is 5.43 Å².